The lowest BCUT2D eigenvalue weighted by Crippen LogP contribution is -2.46. The Morgan fingerprint density at radius 1 is 1.22 bits per heavy atom. The zero-order valence-electron chi connectivity index (χ0n) is 16.6. The number of rotatable bonds is 6. The van der Waals surface area contributed by atoms with Crippen LogP contribution in [-0.2, 0) is 14.8 Å². The number of nitrogens with two attached hydrogens (primary N) is 1. The Balaban J connectivity index is 0.00000364. The van der Waals surface area contributed by atoms with E-state index in [0.29, 0.717) is 43.9 Å². The van der Waals surface area contributed by atoms with Crippen molar-refractivity contribution in [2.45, 2.75) is 38.5 Å². The lowest BCUT2D eigenvalue weighted by molar-refractivity contribution is -0.136. The first kappa shape index (κ1) is 23.9. The van der Waals surface area contributed by atoms with Gasteiger partial charge in [-0.2, -0.15) is 4.31 Å². The van der Waals surface area contributed by atoms with Gasteiger partial charge in [-0.05, 0) is 43.9 Å². The molecule has 1 aromatic rings. The van der Waals surface area contributed by atoms with E-state index in [1.807, 2.05) is 20.8 Å². The largest absolute Gasteiger partial charge is 0.345 e. The summed E-state index contributed by atoms with van der Waals surface area (Å²) >= 11 is 0. The third-order valence-corrected chi connectivity index (χ3v) is 6.97. The molecule has 1 heterocycles. The van der Waals surface area contributed by atoms with E-state index >= 15 is 0 Å². The maximum Gasteiger partial charge on any atom is 0.243 e. The van der Waals surface area contributed by atoms with Gasteiger partial charge in [0.05, 0.1) is 4.90 Å². The van der Waals surface area contributed by atoms with Gasteiger partial charge < -0.3 is 10.6 Å². The molecule has 0 bridgehead atoms. The fraction of sp³-hybridized carbons (Fsp3) is 0.632. The number of aryl methyl sites for hydroxylation is 1. The van der Waals surface area contributed by atoms with Crippen molar-refractivity contribution in [3.8, 4) is 0 Å². The van der Waals surface area contributed by atoms with Crippen LogP contribution in [0.1, 0.15) is 32.3 Å². The molecule has 0 saturated carbocycles. The number of halogens is 1. The molecule has 2 rings (SSSR count). The molecular weight excluding hydrogens is 386 g/mol. The van der Waals surface area contributed by atoms with Crippen molar-refractivity contribution in [1.82, 2.24) is 9.21 Å². The second kappa shape index (κ2) is 9.37. The van der Waals surface area contributed by atoms with Gasteiger partial charge in [0.2, 0.25) is 15.9 Å². The van der Waals surface area contributed by atoms with Crippen LogP contribution in [0.25, 0.3) is 0 Å². The maximum absolute atomic E-state index is 12.8. The molecule has 0 radical (unpaired) electrons. The predicted octanol–water partition coefficient (Wildman–Crippen LogP) is 2.26. The van der Waals surface area contributed by atoms with Gasteiger partial charge >= 0.3 is 0 Å². The number of hydrogen-bond acceptors (Lipinski definition) is 4. The smallest absolute Gasteiger partial charge is 0.243 e. The first-order valence-electron chi connectivity index (χ1n) is 9.09. The van der Waals surface area contributed by atoms with Gasteiger partial charge in [-0.3, -0.25) is 4.79 Å². The van der Waals surface area contributed by atoms with E-state index in [0.717, 1.165) is 5.56 Å². The number of piperidine rings is 1. The molecule has 8 heteroatoms. The summed E-state index contributed by atoms with van der Waals surface area (Å²) in [6, 6.07) is 6.89. The number of benzene rings is 1. The van der Waals surface area contributed by atoms with Crippen LogP contribution in [-0.4, -0.2) is 56.8 Å². The molecule has 0 aliphatic carbocycles. The lowest BCUT2D eigenvalue weighted by Gasteiger charge is -2.35. The van der Waals surface area contributed by atoms with Crippen LogP contribution in [0.5, 0.6) is 0 Å². The summed E-state index contributed by atoms with van der Waals surface area (Å²) in [4.78, 5) is 14.7. The average molecular weight is 418 g/mol. The van der Waals surface area contributed by atoms with Gasteiger partial charge in [-0.1, -0.05) is 31.5 Å². The van der Waals surface area contributed by atoms with Gasteiger partial charge in [0.15, 0.2) is 0 Å². The third-order valence-electron chi connectivity index (χ3n) is 5.06. The van der Waals surface area contributed by atoms with Crippen LogP contribution in [0.4, 0.5) is 0 Å². The van der Waals surface area contributed by atoms with Gasteiger partial charge in [0, 0.05) is 32.6 Å². The van der Waals surface area contributed by atoms with Crippen molar-refractivity contribution in [2.24, 2.45) is 17.1 Å². The number of sulfonamides is 1. The first-order valence-corrected chi connectivity index (χ1v) is 10.5. The highest BCUT2D eigenvalue weighted by Gasteiger charge is 2.34. The molecule has 1 saturated heterocycles. The standard InChI is InChI=1S/C19H31N3O3S.ClH/c1-15-5-7-17(8-6-15)26(24,25)22-11-9-16(10-12-22)18(23)21(4)14-19(2,3)13-20;/h5-8,16H,9-14,20H2,1-4H3;1H. The van der Waals surface area contributed by atoms with Crippen LogP contribution >= 0.6 is 12.4 Å². The minimum absolute atomic E-state index is 0. The molecule has 154 valence electrons. The molecule has 0 atom stereocenters. The van der Waals surface area contributed by atoms with E-state index in [4.69, 9.17) is 5.73 Å². The number of amides is 1. The van der Waals surface area contributed by atoms with E-state index < -0.39 is 10.0 Å². The minimum Gasteiger partial charge on any atom is -0.345 e. The number of hydrogen-bond donors (Lipinski definition) is 1. The topological polar surface area (TPSA) is 83.7 Å². The number of nitrogens with zero attached hydrogens (tertiary/aromatic N) is 2. The van der Waals surface area contributed by atoms with Crippen molar-refractivity contribution in [3.05, 3.63) is 29.8 Å². The average Bonchev–Trinajstić information content (AvgIpc) is 2.61. The molecule has 0 unspecified atom stereocenters. The fourth-order valence-corrected chi connectivity index (χ4v) is 4.77. The monoisotopic (exact) mass is 417 g/mol. The SMILES string of the molecule is Cc1ccc(S(=O)(=O)N2CCC(C(=O)N(C)CC(C)(C)CN)CC2)cc1.Cl. The highest BCUT2D eigenvalue weighted by Crippen LogP contribution is 2.26. The van der Waals surface area contributed by atoms with E-state index in [2.05, 4.69) is 0 Å². The van der Waals surface area contributed by atoms with E-state index in [1.165, 1.54) is 4.31 Å². The van der Waals surface area contributed by atoms with Crippen LogP contribution in [0.15, 0.2) is 29.2 Å². The van der Waals surface area contributed by atoms with Crippen molar-refractivity contribution in [3.63, 3.8) is 0 Å². The second-order valence-corrected chi connectivity index (χ2v) is 9.99. The predicted molar refractivity (Wildman–Crippen MR) is 110 cm³/mol. The Morgan fingerprint density at radius 2 is 1.74 bits per heavy atom. The summed E-state index contributed by atoms with van der Waals surface area (Å²) in [5, 5.41) is 0. The Kier molecular flexibility index (Phi) is 8.29. The molecule has 0 spiro atoms. The zero-order valence-corrected chi connectivity index (χ0v) is 18.3. The van der Waals surface area contributed by atoms with Crippen LogP contribution < -0.4 is 5.73 Å². The minimum atomic E-state index is -3.49. The maximum atomic E-state index is 12.8. The summed E-state index contributed by atoms with van der Waals surface area (Å²) in [5.74, 6) is -0.0445. The fourth-order valence-electron chi connectivity index (χ4n) is 3.30. The van der Waals surface area contributed by atoms with E-state index in [1.54, 1.807) is 36.2 Å². The van der Waals surface area contributed by atoms with Gasteiger partial charge in [-0.15, -0.1) is 12.4 Å². The summed E-state index contributed by atoms with van der Waals surface area (Å²) in [6.07, 6.45) is 1.11. The van der Waals surface area contributed by atoms with Crippen LogP contribution in [0, 0.1) is 18.3 Å². The summed E-state index contributed by atoms with van der Waals surface area (Å²) < 4.78 is 27.0. The number of carbonyl (C=O) groups excluding carboxylic acids is 1. The highest BCUT2D eigenvalue weighted by atomic mass is 35.5. The normalized spacial score (nSPS) is 16.6. The van der Waals surface area contributed by atoms with E-state index in [-0.39, 0.29) is 29.6 Å². The number of carbonyl (C=O) groups is 1. The van der Waals surface area contributed by atoms with Gasteiger partial charge in [0.25, 0.3) is 0 Å². The molecule has 6 nitrogen and oxygen atoms in total. The van der Waals surface area contributed by atoms with Gasteiger partial charge in [-0.25, -0.2) is 8.42 Å². The first-order chi connectivity index (χ1) is 12.1. The van der Waals surface area contributed by atoms with Gasteiger partial charge in [0.1, 0.15) is 0 Å². The molecule has 27 heavy (non-hydrogen) atoms. The molecular formula is C19H32ClN3O3S. The van der Waals surface area contributed by atoms with E-state index in [9.17, 15) is 13.2 Å². The lowest BCUT2D eigenvalue weighted by atomic mass is 9.91. The molecule has 1 aliphatic rings. The molecule has 1 aliphatic heterocycles. The van der Waals surface area contributed by atoms with Crippen molar-refractivity contribution in [2.75, 3.05) is 33.2 Å². The zero-order chi connectivity index (χ0) is 19.5. The second-order valence-electron chi connectivity index (χ2n) is 8.05. The van der Waals surface area contributed by atoms with Crippen LogP contribution in [0.3, 0.4) is 0 Å². The Labute approximate surface area is 169 Å². The molecule has 2 N–H and O–H groups in total. The molecule has 1 aromatic carbocycles. The molecule has 0 aromatic heterocycles. The van der Waals surface area contributed by atoms with Crippen molar-refractivity contribution in [1.29, 1.82) is 0 Å². The Morgan fingerprint density at radius 3 is 2.22 bits per heavy atom. The molecule has 1 fully saturated rings. The third kappa shape index (κ3) is 5.91. The Hall–Kier alpha value is -1.15. The Bertz CT molecular complexity index is 727. The van der Waals surface area contributed by atoms with Crippen molar-refractivity contribution < 1.29 is 13.2 Å². The summed E-state index contributed by atoms with van der Waals surface area (Å²) in [6.45, 7) is 7.86. The quantitative estimate of drug-likeness (QED) is 0.769. The highest BCUT2D eigenvalue weighted by molar-refractivity contribution is 7.89. The summed E-state index contributed by atoms with van der Waals surface area (Å²) in [7, 11) is -1.69. The molecule has 1 amide bonds. The van der Waals surface area contributed by atoms with Crippen LogP contribution in [0.2, 0.25) is 0 Å². The van der Waals surface area contributed by atoms with Crippen molar-refractivity contribution >= 4 is 28.3 Å². The summed E-state index contributed by atoms with van der Waals surface area (Å²) in [5.41, 5.74) is 6.65.